The second kappa shape index (κ2) is 9.18. The fourth-order valence-corrected chi connectivity index (χ4v) is 4.59. The Bertz CT molecular complexity index is 1070. The van der Waals surface area contributed by atoms with E-state index in [0.29, 0.717) is 18.9 Å². The van der Waals surface area contributed by atoms with Crippen LogP contribution in [0.5, 0.6) is 0 Å². The maximum atomic E-state index is 12.6. The number of aryl methyl sites for hydroxylation is 3. The Morgan fingerprint density at radius 3 is 2.68 bits per heavy atom. The van der Waals surface area contributed by atoms with E-state index in [0.717, 1.165) is 40.5 Å². The Labute approximate surface area is 184 Å². The van der Waals surface area contributed by atoms with Gasteiger partial charge < -0.3 is 5.32 Å². The minimum atomic E-state index is 0.0212. The van der Waals surface area contributed by atoms with E-state index in [2.05, 4.69) is 39.4 Å². The van der Waals surface area contributed by atoms with Crippen molar-refractivity contribution in [1.82, 2.24) is 19.5 Å². The number of nitrogens with one attached hydrogen (secondary N) is 1. The van der Waals surface area contributed by atoms with Crippen LogP contribution in [0.25, 0.3) is 5.65 Å². The number of piperidine rings is 1. The predicted molar refractivity (Wildman–Crippen MR) is 124 cm³/mol. The Kier molecular flexibility index (Phi) is 6.37. The summed E-state index contributed by atoms with van der Waals surface area (Å²) in [6.45, 7) is 10.5. The van der Waals surface area contributed by atoms with Crippen molar-refractivity contribution in [2.45, 2.75) is 72.4 Å². The van der Waals surface area contributed by atoms with Gasteiger partial charge in [-0.2, -0.15) is 5.10 Å². The highest BCUT2D eigenvalue weighted by Crippen LogP contribution is 2.21. The predicted octanol–water partition coefficient (Wildman–Crippen LogP) is 4.60. The van der Waals surface area contributed by atoms with E-state index in [4.69, 9.17) is 0 Å². The molecule has 0 aliphatic carbocycles. The second-order valence-electron chi connectivity index (χ2n) is 8.88. The number of anilines is 1. The van der Waals surface area contributed by atoms with E-state index in [9.17, 15) is 4.79 Å². The molecule has 1 saturated heterocycles. The zero-order valence-corrected chi connectivity index (χ0v) is 19.1. The maximum absolute atomic E-state index is 12.6. The van der Waals surface area contributed by atoms with Crippen LogP contribution in [-0.2, 0) is 17.8 Å². The van der Waals surface area contributed by atoms with Crippen molar-refractivity contribution >= 4 is 17.2 Å². The van der Waals surface area contributed by atoms with Crippen LogP contribution in [0, 0.1) is 20.8 Å². The SMILES string of the molecule is Cc1cc2nc(C)c(CCC(=O)Nc3ccc(CN4CCCCC4C)cc3)c(C)n2n1. The Balaban J connectivity index is 1.34. The fraction of sp³-hybridized carbons (Fsp3) is 0.480. The van der Waals surface area contributed by atoms with Gasteiger partial charge in [-0.15, -0.1) is 0 Å². The number of amides is 1. The fourth-order valence-electron chi connectivity index (χ4n) is 4.59. The van der Waals surface area contributed by atoms with Crippen LogP contribution in [-0.4, -0.2) is 38.0 Å². The lowest BCUT2D eigenvalue weighted by Crippen LogP contribution is -2.36. The molecule has 6 nitrogen and oxygen atoms in total. The quantitative estimate of drug-likeness (QED) is 0.634. The zero-order chi connectivity index (χ0) is 22.0. The number of likely N-dealkylation sites (tertiary alicyclic amines) is 1. The van der Waals surface area contributed by atoms with E-state index in [1.165, 1.54) is 31.4 Å². The maximum Gasteiger partial charge on any atom is 0.224 e. The van der Waals surface area contributed by atoms with Crippen molar-refractivity contribution in [3.05, 3.63) is 58.5 Å². The summed E-state index contributed by atoms with van der Waals surface area (Å²) in [5.74, 6) is 0.0212. The van der Waals surface area contributed by atoms with Gasteiger partial charge >= 0.3 is 0 Å². The highest BCUT2D eigenvalue weighted by Gasteiger charge is 2.18. The molecule has 1 aliphatic heterocycles. The number of nitrogens with zero attached hydrogens (tertiary/aromatic N) is 4. The molecule has 164 valence electrons. The minimum absolute atomic E-state index is 0.0212. The van der Waals surface area contributed by atoms with Gasteiger partial charge in [-0.05, 0) is 76.8 Å². The number of benzene rings is 1. The number of hydrogen-bond acceptors (Lipinski definition) is 4. The number of rotatable bonds is 6. The monoisotopic (exact) mass is 419 g/mol. The van der Waals surface area contributed by atoms with E-state index in [1.807, 2.05) is 43.5 Å². The summed E-state index contributed by atoms with van der Waals surface area (Å²) >= 11 is 0. The van der Waals surface area contributed by atoms with E-state index < -0.39 is 0 Å². The molecule has 1 atom stereocenters. The van der Waals surface area contributed by atoms with Crippen LogP contribution in [0.1, 0.15) is 60.8 Å². The summed E-state index contributed by atoms with van der Waals surface area (Å²) in [4.78, 5) is 19.8. The molecule has 0 radical (unpaired) electrons. The Hall–Kier alpha value is -2.73. The van der Waals surface area contributed by atoms with Crippen molar-refractivity contribution in [1.29, 1.82) is 0 Å². The third-order valence-corrected chi connectivity index (χ3v) is 6.45. The topological polar surface area (TPSA) is 62.5 Å². The first kappa shape index (κ1) is 21.5. The van der Waals surface area contributed by atoms with Crippen LogP contribution >= 0.6 is 0 Å². The molecule has 0 saturated carbocycles. The molecule has 0 bridgehead atoms. The van der Waals surface area contributed by atoms with Crippen LogP contribution in [0.4, 0.5) is 5.69 Å². The normalized spacial score (nSPS) is 17.2. The summed E-state index contributed by atoms with van der Waals surface area (Å²) in [5, 5.41) is 7.55. The van der Waals surface area contributed by atoms with Crippen molar-refractivity contribution in [3.63, 3.8) is 0 Å². The van der Waals surface area contributed by atoms with Crippen molar-refractivity contribution < 1.29 is 4.79 Å². The summed E-state index contributed by atoms with van der Waals surface area (Å²) in [5.41, 5.74) is 7.07. The van der Waals surface area contributed by atoms with Crippen LogP contribution in [0.2, 0.25) is 0 Å². The van der Waals surface area contributed by atoms with Gasteiger partial charge in [-0.3, -0.25) is 9.69 Å². The molecular weight excluding hydrogens is 386 g/mol. The standard InChI is InChI=1S/C25H33N5O/c1-17-15-24-26-19(3)23(20(4)30(24)28-17)12-13-25(31)27-22-10-8-21(9-11-22)16-29-14-6-5-7-18(29)2/h8-11,15,18H,5-7,12-14,16H2,1-4H3,(H,27,31). The third kappa shape index (κ3) is 4.96. The first-order chi connectivity index (χ1) is 14.9. The molecule has 4 rings (SSSR count). The average molecular weight is 420 g/mol. The molecular formula is C25H33N5O. The molecule has 1 fully saturated rings. The number of aromatic nitrogens is 3. The lowest BCUT2D eigenvalue weighted by atomic mass is 10.0. The van der Waals surface area contributed by atoms with Crippen molar-refractivity contribution in [2.75, 3.05) is 11.9 Å². The molecule has 3 heterocycles. The molecule has 6 heteroatoms. The van der Waals surface area contributed by atoms with Crippen LogP contribution in [0.15, 0.2) is 30.3 Å². The van der Waals surface area contributed by atoms with Gasteiger partial charge in [0, 0.05) is 42.1 Å². The van der Waals surface area contributed by atoms with Crippen LogP contribution < -0.4 is 5.32 Å². The van der Waals surface area contributed by atoms with Gasteiger partial charge in [0.1, 0.15) is 0 Å². The molecule has 1 unspecified atom stereocenters. The summed E-state index contributed by atoms with van der Waals surface area (Å²) in [6.07, 6.45) is 4.99. The number of fused-ring (bicyclic) bond motifs is 1. The Morgan fingerprint density at radius 1 is 1.16 bits per heavy atom. The highest BCUT2D eigenvalue weighted by molar-refractivity contribution is 5.90. The van der Waals surface area contributed by atoms with Gasteiger partial charge in [0.25, 0.3) is 0 Å². The molecule has 0 spiro atoms. The smallest absolute Gasteiger partial charge is 0.224 e. The lowest BCUT2D eigenvalue weighted by Gasteiger charge is -2.33. The van der Waals surface area contributed by atoms with E-state index in [-0.39, 0.29) is 5.91 Å². The molecule has 1 aliphatic rings. The first-order valence-electron chi connectivity index (χ1n) is 11.4. The molecule has 1 N–H and O–H groups in total. The zero-order valence-electron chi connectivity index (χ0n) is 19.1. The molecule has 2 aromatic heterocycles. The molecule has 1 aromatic carbocycles. The first-order valence-corrected chi connectivity index (χ1v) is 11.4. The molecule has 3 aromatic rings. The van der Waals surface area contributed by atoms with Crippen molar-refractivity contribution in [3.8, 4) is 0 Å². The van der Waals surface area contributed by atoms with Gasteiger partial charge in [0.15, 0.2) is 5.65 Å². The number of carbonyl (C=O) groups excluding carboxylic acids is 1. The van der Waals surface area contributed by atoms with Crippen molar-refractivity contribution in [2.24, 2.45) is 0 Å². The molecule has 1 amide bonds. The lowest BCUT2D eigenvalue weighted by molar-refractivity contribution is -0.116. The average Bonchev–Trinajstić information content (AvgIpc) is 3.11. The Morgan fingerprint density at radius 2 is 1.94 bits per heavy atom. The van der Waals surface area contributed by atoms with Gasteiger partial charge in [0.2, 0.25) is 5.91 Å². The highest BCUT2D eigenvalue weighted by atomic mass is 16.1. The van der Waals surface area contributed by atoms with Gasteiger partial charge in [0.05, 0.1) is 5.69 Å². The summed E-state index contributed by atoms with van der Waals surface area (Å²) in [7, 11) is 0. The van der Waals surface area contributed by atoms with Gasteiger partial charge in [-0.25, -0.2) is 9.50 Å². The summed E-state index contributed by atoms with van der Waals surface area (Å²) in [6, 6.07) is 10.9. The van der Waals surface area contributed by atoms with Gasteiger partial charge in [-0.1, -0.05) is 18.6 Å². The largest absolute Gasteiger partial charge is 0.326 e. The third-order valence-electron chi connectivity index (χ3n) is 6.45. The minimum Gasteiger partial charge on any atom is -0.326 e. The number of hydrogen-bond donors (Lipinski definition) is 1. The van der Waals surface area contributed by atoms with Crippen LogP contribution in [0.3, 0.4) is 0 Å². The summed E-state index contributed by atoms with van der Waals surface area (Å²) < 4.78 is 1.87. The van der Waals surface area contributed by atoms with E-state index in [1.54, 1.807) is 0 Å². The second-order valence-corrected chi connectivity index (χ2v) is 8.88. The molecule has 31 heavy (non-hydrogen) atoms. The van der Waals surface area contributed by atoms with E-state index >= 15 is 0 Å². The number of carbonyl (C=O) groups is 1.